The van der Waals surface area contributed by atoms with Gasteiger partial charge in [0.1, 0.15) is 9.84 Å². The van der Waals surface area contributed by atoms with Gasteiger partial charge in [0.25, 0.3) is 0 Å². The van der Waals surface area contributed by atoms with Crippen LogP contribution in [0.3, 0.4) is 0 Å². The maximum Gasteiger partial charge on any atom is 0.150 e. The van der Waals surface area contributed by atoms with E-state index >= 15 is 0 Å². The Morgan fingerprint density at radius 3 is 2.29 bits per heavy atom. The van der Waals surface area contributed by atoms with Crippen molar-refractivity contribution in [3.05, 3.63) is 0 Å². The summed E-state index contributed by atoms with van der Waals surface area (Å²) in [5.41, 5.74) is 5.83. The molecular weight excluding hydrogens is 236 g/mol. The summed E-state index contributed by atoms with van der Waals surface area (Å²) >= 11 is 0. The maximum absolute atomic E-state index is 11.4. The fraction of sp³-hybridized carbons (Fsp3) is 1.00. The zero-order chi connectivity index (χ0) is 12.3. The number of rotatable bonds is 5. The summed E-state index contributed by atoms with van der Waals surface area (Å²) in [6.07, 6.45) is 5.52. The molecule has 2 fully saturated rings. The van der Waals surface area contributed by atoms with Crippen LogP contribution in [0.1, 0.15) is 32.1 Å². The minimum absolute atomic E-state index is 0.359. The molecule has 0 bridgehead atoms. The lowest BCUT2D eigenvalue weighted by molar-refractivity contribution is 0.260. The lowest BCUT2D eigenvalue weighted by Crippen LogP contribution is -2.43. The van der Waals surface area contributed by atoms with Crippen molar-refractivity contribution in [2.45, 2.75) is 38.1 Å². The van der Waals surface area contributed by atoms with E-state index in [-0.39, 0.29) is 0 Å². The number of nitrogens with one attached hydrogen (secondary N) is 1. The number of hydrogen-bond donors (Lipinski definition) is 2. The summed E-state index contributed by atoms with van der Waals surface area (Å²) in [6, 6.07) is 0.691. The number of nitrogens with two attached hydrogens (primary N) is 1. The monoisotopic (exact) mass is 260 g/mol. The minimum atomic E-state index is -2.74. The highest BCUT2D eigenvalue weighted by atomic mass is 32.2. The second kappa shape index (κ2) is 5.67. The van der Waals surface area contributed by atoms with E-state index in [1.165, 1.54) is 19.3 Å². The van der Waals surface area contributed by atoms with Crippen LogP contribution in [-0.2, 0) is 9.84 Å². The molecule has 0 radical (unpaired) electrons. The van der Waals surface area contributed by atoms with Gasteiger partial charge in [0, 0.05) is 6.04 Å². The van der Waals surface area contributed by atoms with Gasteiger partial charge in [-0.2, -0.15) is 0 Å². The normalized spacial score (nSPS) is 27.6. The summed E-state index contributed by atoms with van der Waals surface area (Å²) in [7, 11) is -2.74. The number of sulfone groups is 1. The van der Waals surface area contributed by atoms with Gasteiger partial charge in [-0.3, -0.25) is 0 Å². The molecule has 0 aromatic carbocycles. The van der Waals surface area contributed by atoms with Crippen LogP contribution in [0.5, 0.6) is 0 Å². The molecular formula is C12H24N2O2S. The molecule has 2 rings (SSSR count). The highest BCUT2D eigenvalue weighted by Gasteiger charge is 2.29. The average molecular weight is 260 g/mol. The van der Waals surface area contributed by atoms with E-state index in [2.05, 4.69) is 5.32 Å². The Hall–Kier alpha value is -0.130. The quantitative estimate of drug-likeness (QED) is 0.756. The first-order chi connectivity index (χ1) is 8.11. The molecule has 3 N–H and O–H groups in total. The van der Waals surface area contributed by atoms with Crippen LogP contribution in [-0.4, -0.2) is 39.1 Å². The smallest absolute Gasteiger partial charge is 0.150 e. The van der Waals surface area contributed by atoms with Crippen LogP contribution in [0.25, 0.3) is 0 Å². The summed E-state index contributed by atoms with van der Waals surface area (Å²) in [6.45, 7) is 1.64. The van der Waals surface area contributed by atoms with Crippen molar-refractivity contribution < 1.29 is 8.42 Å². The van der Waals surface area contributed by atoms with Crippen molar-refractivity contribution in [1.29, 1.82) is 0 Å². The van der Waals surface area contributed by atoms with E-state index in [4.69, 9.17) is 5.73 Å². The SMILES string of the molecule is NCC(CNC1CCC1)C1CCS(=O)(=O)CC1. The fourth-order valence-corrected chi connectivity index (χ4v) is 4.28. The van der Waals surface area contributed by atoms with Crippen LogP contribution in [0.15, 0.2) is 0 Å². The molecule has 1 aliphatic heterocycles. The van der Waals surface area contributed by atoms with Crippen LogP contribution in [0.4, 0.5) is 0 Å². The van der Waals surface area contributed by atoms with Gasteiger partial charge >= 0.3 is 0 Å². The fourth-order valence-electron chi connectivity index (χ4n) is 2.75. The highest BCUT2D eigenvalue weighted by molar-refractivity contribution is 7.91. The number of hydrogen-bond acceptors (Lipinski definition) is 4. The van der Waals surface area contributed by atoms with E-state index in [1.54, 1.807) is 0 Å². The predicted molar refractivity (Wildman–Crippen MR) is 69.6 cm³/mol. The minimum Gasteiger partial charge on any atom is -0.330 e. The zero-order valence-corrected chi connectivity index (χ0v) is 11.2. The van der Waals surface area contributed by atoms with E-state index < -0.39 is 9.84 Å². The molecule has 100 valence electrons. The first-order valence-electron chi connectivity index (χ1n) is 6.74. The van der Waals surface area contributed by atoms with Crippen molar-refractivity contribution >= 4 is 9.84 Å². The van der Waals surface area contributed by atoms with Gasteiger partial charge in [0.15, 0.2) is 0 Å². The molecule has 1 unspecified atom stereocenters. The lowest BCUT2D eigenvalue weighted by atomic mass is 9.86. The summed E-state index contributed by atoms with van der Waals surface area (Å²) in [5.74, 6) is 1.66. The van der Waals surface area contributed by atoms with E-state index in [0.29, 0.717) is 35.9 Å². The van der Waals surface area contributed by atoms with Gasteiger partial charge in [-0.1, -0.05) is 6.42 Å². The molecule has 1 atom stereocenters. The largest absolute Gasteiger partial charge is 0.330 e. The molecule has 0 amide bonds. The maximum atomic E-state index is 11.4. The Balaban J connectivity index is 1.77. The second-order valence-electron chi connectivity index (χ2n) is 5.52. The van der Waals surface area contributed by atoms with Gasteiger partial charge in [0.05, 0.1) is 11.5 Å². The third kappa shape index (κ3) is 3.66. The zero-order valence-electron chi connectivity index (χ0n) is 10.4. The van der Waals surface area contributed by atoms with Crippen LogP contribution in [0, 0.1) is 11.8 Å². The third-order valence-electron chi connectivity index (χ3n) is 4.34. The second-order valence-corrected chi connectivity index (χ2v) is 7.82. The van der Waals surface area contributed by atoms with E-state index in [9.17, 15) is 8.42 Å². The third-order valence-corrected chi connectivity index (χ3v) is 6.06. The molecule has 0 spiro atoms. The lowest BCUT2D eigenvalue weighted by Gasteiger charge is -2.33. The summed E-state index contributed by atoms with van der Waals surface area (Å²) in [5, 5.41) is 3.56. The molecule has 1 saturated carbocycles. The first-order valence-corrected chi connectivity index (χ1v) is 8.57. The van der Waals surface area contributed by atoms with Crippen LogP contribution < -0.4 is 11.1 Å². The van der Waals surface area contributed by atoms with Crippen molar-refractivity contribution in [2.24, 2.45) is 17.6 Å². The predicted octanol–water partition coefficient (Wildman–Crippen LogP) is 0.528. The molecule has 5 heteroatoms. The molecule has 1 saturated heterocycles. The van der Waals surface area contributed by atoms with Crippen molar-refractivity contribution in [3.8, 4) is 0 Å². The average Bonchev–Trinajstić information content (AvgIpc) is 2.23. The van der Waals surface area contributed by atoms with Gasteiger partial charge in [-0.25, -0.2) is 8.42 Å². The van der Waals surface area contributed by atoms with Gasteiger partial charge < -0.3 is 11.1 Å². The Bertz CT molecular complexity index is 324. The molecule has 0 aromatic heterocycles. The van der Waals surface area contributed by atoms with E-state index in [1.807, 2.05) is 0 Å². The molecule has 1 aliphatic carbocycles. The highest BCUT2D eigenvalue weighted by Crippen LogP contribution is 2.26. The van der Waals surface area contributed by atoms with E-state index in [0.717, 1.165) is 19.4 Å². The van der Waals surface area contributed by atoms with Crippen molar-refractivity contribution in [1.82, 2.24) is 5.32 Å². The summed E-state index contributed by atoms with van der Waals surface area (Å²) < 4.78 is 22.8. The van der Waals surface area contributed by atoms with Crippen molar-refractivity contribution in [3.63, 3.8) is 0 Å². The Labute approximate surface area is 104 Å². The molecule has 0 aromatic rings. The molecule has 4 nitrogen and oxygen atoms in total. The Kier molecular flexibility index (Phi) is 4.44. The molecule has 2 aliphatic rings. The summed E-state index contributed by atoms with van der Waals surface area (Å²) in [4.78, 5) is 0. The topological polar surface area (TPSA) is 72.2 Å². The standard InChI is InChI=1S/C12H24N2O2S/c13-8-11(9-14-12-2-1-3-12)10-4-6-17(15,16)7-5-10/h10-12,14H,1-9,13H2. The molecule has 1 heterocycles. The van der Waals surface area contributed by atoms with Crippen LogP contribution in [0.2, 0.25) is 0 Å². The first kappa shape index (κ1) is 13.3. The van der Waals surface area contributed by atoms with Gasteiger partial charge in [-0.15, -0.1) is 0 Å². The Morgan fingerprint density at radius 2 is 1.82 bits per heavy atom. The molecule has 17 heavy (non-hydrogen) atoms. The van der Waals surface area contributed by atoms with Gasteiger partial charge in [0.2, 0.25) is 0 Å². The Morgan fingerprint density at radius 1 is 1.18 bits per heavy atom. The van der Waals surface area contributed by atoms with Crippen molar-refractivity contribution in [2.75, 3.05) is 24.6 Å². The van der Waals surface area contributed by atoms with Crippen LogP contribution >= 0.6 is 0 Å². The van der Waals surface area contributed by atoms with Gasteiger partial charge in [-0.05, 0) is 50.6 Å².